The Balaban J connectivity index is 2.51. The third kappa shape index (κ3) is 4.24. The van der Waals surface area contributed by atoms with E-state index in [4.69, 9.17) is 0 Å². The molecule has 0 aromatic heterocycles. The first-order valence-electron chi connectivity index (χ1n) is 6.45. The number of hydrogen-bond acceptors (Lipinski definition) is 3. The van der Waals surface area contributed by atoms with Gasteiger partial charge in [0.15, 0.2) is 0 Å². The predicted octanol–water partition coefficient (Wildman–Crippen LogP) is 4.63. The molecule has 3 nitrogen and oxygen atoms in total. The first-order valence-corrected chi connectivity index (χ1v) is 10.9. The molecule has 23 heavy (non-hydrogen) atoms. The molecule has 0 amide bonds. The minimum absolute atomic E-state index is 0.479. The Morgan fingerprint density at radius 3 is 2.04 bits per heavy atom. The summed E-state index contributed by atoms with van der Waals surface area (Å²) in [6.45, 7) is 3.68. The van der Waals surface area contributed by atoms with E-state index in [2.05, 4.69) is 2.51 Å². The van der Waals surface area contributed by atoms with Crippen molar-refractivity contribution in [1.82, 2.24) is 0 Å². The van der Waals surface area contributed by atoms with E-state index < -0.39 is 35.9 Å². The average Bonchev–Trinajstić information content (AvgIpc) is 2.47. The first kappa shape index (κ1) is 18.2. The van der Waals surface area contributed by atoms with Gasteiger partial charge < -0.3 is 0 Å². The molecule has 2 aromatic rings. The molecule has 0 atom stereocenters. The number of aryl methyl sites for hydroxylation is 2. The molecule has 0 saturated heterocycles. The Kier molecular flexibility index (Phi) is 5.37. The van der Waals surface area contributed by atoms with E-state index in [0.29, 0.717) is 7.14 Å². The summed E-state index contributed by atoms with van der Waals surface area (Å²) in [6, 6.07) is 13.2. The van der Waals surface area contributed by atoms with Crippen LogP contribution >= 0.6 is 20.2 Å². The van der Waals surface area contributed by atoms with Gasteiger partial charge in [0.2, 0.25) is 0 Å². The maximum absolute atomic E-state index is 12.7. The Labute approximate surface area is 140 Å². The fourth-order valence-corrected chi connectivity index (χ4v) is 8.36. The molecule has 0 spiro atoms. The second-order valence-corrected chi connectivity index (χ2v) is 11.2. The molecule has 2 aromatic carbocycles. The fraction of sp³-hybridized carbons (Fsp3) is 0.200. The van der Waals surface area contributed by atoms with Crippen LogP contribution in [0.15, 0.2) is 48.5 Å². The van der Waals surface area contributed by atoms with Gasteiger partial charge in [-0.05, 0) is 0 Å². The van der Waals surface area contributed by atoms with Crippen molar-refractivity contribution in [3.05, 3.63) is 66.8 Å². The summed E-state index contributed by atoms with van der Waals surface area (Å²) >= 11 is -3.25. The van der Waals surface area contributed by atoms with Gasteiger partial charge >= 0.3 is 141 Å². The Morgan fingerprint density at radius 1 is 0.913 bits per heavy atom. The van der Waals surface area contributed by atoms with Gasteiger partial charge in [-0.25, -0.2) is 0 Å². The van der Waals surface area contributed by atoms with Crippen molar-refractivity contribution in [2.45, 2.75) is 19.4 Å². The third-order valence-corrected chi connectivity index (χ3v) is 10.0. The molecule has 0 radical (unpaired) electrons. The fourth-order valence-electron chi connectivity index (χ4n) is 1.66. The molecule has 0 heterocycles. The first-order chi connectivity index (χ1) is 10.6. The molecule has 0 fully saturated rings. The van der Waals surface area contributed by atoms with Gasteiger partial charge in [-0.15, -0.1) is 0 Å². The molecule has 0 unspecified atom stereocenters. The molecule has 0 aliphatic carbocycles. The van der Waals surface area contributed by atoms with Crippen LogP contribution in [0.1, 0.15) is 11.1 Å². The number of rotatable bonds is 4. The van der Waals surface area contributed by atoms with Gasteiger partial charge in [-0.3, -0.25) is 0 Å². The van der Waals surface area contributed by atoms with Gasteiger partial charge in [0, 0.05) is 0 Å². The van der Waals surface area contributed by atoms with E-state index in [-0.39, 0.29) is 0 Å². The van der Waals surface area contributed by atoms with Crippen LogP contribution in [0.4, 0.5) is 13.2 Å². The van der Waals surface area contributed by atoms with Crippen molar-refractivity contribution >= 4 is 30.4 Å². The minimum atomic E-state index is -5.65. The van der Waals surface area contributed by atoms with Crippen LogP contribution in [0.25, 0.3) is 0 Å². The molecule has 0 N–H and O–H groups in total. The maximum atomic E-state index is 12.7. The monoisotopic (exact) mass is 458 g/mol. The van der Waals surface area contributed by atoms with E-state index in [1.807, 2.05) is 13.8 Å². The van der Waals surface area contributed by atoms with Crippen LogP contribution in [-0.4, -0.2) is 13.9 Å². The van der Waals surface area contributed by atoms with E-state index in [9.17, 15) is 21.6 Å². The van der Waals surface area contributed by atoms with Crippen LogP contribution < -0.4 is 0 Å². The van der Waals surface area contributed by atoms with Crippen LogP contribution in [0, 0.1) is 21.0 Å². The van der Waals surface area contributed by atoms with Gasteiger partial charge in [0.05, 0.1) is 0 Å². The zero-order valence-electron chi connectivity index (χ0n) is 12.3. The van der Waals surface area contributed by atoms with Crippen LogP contribution in [0.2, 0.25) is 0 Å². The number of alkyl halides is 3. The normalized spacial score (nSPS) is 13.0. The summed E-state index contributed by atoms with van der Waals surface area (Å²) in [5.41, 5.74) is -3.60. The van der Waals surface area contributed by atoms with Crippen LogP contribution in [0.5, 0.6) is 0 Å². The van der Waals surface area contributed by atoms with E-state index in [1.165, 1.54) is 0 Å². The van der Waals surface area contributed by atoms with E-state index in [1.54, 1.807) is 48.5 Å². The second kappa shape index (κ2) is 6.78. The molecular formula is C15H14F3IO3S. The van der Waals surface area contributed by atoms with Crippen molar-refractivity contribution in [1.29, 1.82) is 0 Å². The predicted molar refractivity (Wildman–Crippen MR) is 89.8 cm³/mol. The SMILES string of the molecule is Cc1ccc(I(OS(=O)(=O)C(F)(F)F)c2ccccc2)cc1C. The van der Waals surface area contributed by atoms with Crippen LogP contribution in [-0.2, 0) is 12.6 Å². The van der Waals surface area contributed by atoms with Gasteiger partial charge in [-0.1, -0.05) is 0 Å². The van der Waals surface area contributed by atoms with E-state index in [0.717, 1.165) is 11.1 Å². The van der Waals surface area contributed by atoms with Crippen LogP contribution in [0.3, 0.4) is 0 Å². The summed E-state index contributed by atoms with van der Waals surface area (Å²) in [5, 5.41) is 0. The number of benzene rings is 2. The molecule has 0 aliphatic heterocycles. The standard InChI is InChI=1S/C15H14F3IO3S/c1-11-8-9-14(10-12(11)2)19(13-6-4-3-5-7-13)22-23(20,21)15(16,17)18/h3-10H,1-2H3. The quantitative estimate of drug-likeness (QED) is 0.496. The summed E-state index contributed by atoms with van der Waals surface area (Å²) < 4.78 is 66.6. The molecule has 0 aliphatic rings. The molecular weight excluding hydrogens is 444 g/mol. The Morgan fingerprint density at radius 2 is 1.52 bits per heavy atom. The third-order valence-electron chi connectivity index (χ3n) is 3.03. The van der Waals surface area contributed by atoms with E-state index >= 15 is 0 Å². The second-order valence-electron chi connectivity index (χ2n) is 4.74. The molecule has 0 bridgehead atoms. The topological polar surface area (TPSA) is 43.4 Å². The van der Waals surface area contributed by atoms with Gasteiger partial charge in [0.25, 0.3) is 0 Å². The summed E-state index contributed by atoms with van der Waals surface area (Å²) in [7, 11) is -5.65. The van der Waals surface area contributed by atoms with Gasteiger partial charge in [0.1, 0.15) is 0 Å². The molecule has 0 saturated carbocycles. The average molecular weight is 458 g/mol. The Hall–Kier alpha value is -1.13. The molecule has 126 valence electrons. The molecule has 2 rings (SSSR count). The van der Waals surface area contributed by atoms with Crippen molar-refractivity contribution in [3.63, 3.8) is 0 Å². The Bertz CT molecular complexity index is 789. The van der Waals surface area contributed by atoms with Gasteiger partial charge in [-0.2, -0.15) is 0 Å². The molecule has 8 heteroatoms. The van der Waals surface area contributed by atoms with Crippen molar-refractivity contribution in [2.75, 3.05) is 0 Å². The zero-order chi connectivity index (χ0) is 17.3. The van der Waals surface area contributed by atoms with Crippen molar-refractivity contribution in [3.8, 4) is 0 Å². The number of halogens is 4. The van der Waals surface area contributed by atoms with Crippen molar-refractivity contribution < 1.29 is 24.1 Å². The summed E-state index contributed by atoms with van der Waals surface area (Å²) in [5.74, 6) is 0. The summed E-state index contributed by atoms with van der Waals surface area (Å²) in [4.78, 5) is 0. The zero-order valence-corrected chi connectivity index (χ0v) is 15.2. The number of hydrogen-bond donors (Lipinski definition) is 0. The summed E-state index contributed by atoms with van der Waals surface area (Å²) in [6.07, 6.45) is 0. The van der Waals surface area contributed by atoms with Crippen molar-refractivity contribution in [2.24, 2.45) is 0 Å².